The third-order valence-corrected chi connectivity index (χ3v) is 2.96. The molecule has 5 nitrogen and oxygen atoms in total. The maximum absolute atomic E-state index is 13.2. The molecule has 0 radical (unpaired) electrons. The van der Waals surface area contributed by atoms with E-state index in [0.717, 1.165) is 0 Å². The number of hydrogen-bond acceptors (Lipinski definition) is 4. The first kappa shape index (κ1) is 12.5. The number of nitrogens with zero attached hydrogens (tertiary/aromatic N) is 1. The van der Waals surface area contributed by atoms with Gasteiger partial charge in [0.1, 0.15) is 11.9 Å². The number of nitrogen functional groups attached to an aromatic ring is 1. The minimum Gasteiger partial charge on any atom is -0.444 e. The summed E-state index contributed by atoms with van der Waals surface area (Å²) in [6.07, 6.45) is 0.0743. The van der Waals surface area contributed by atoms with Crippen molar-refractivity contribution in [3.8, 4) is 0 Å². The molecule has 0 aliphatic carbocycles. The molecule has 0 spiro atoms. The first-order chi connectivity index (χ1) is 8.60. The molecule has 1 amide bonds. The van der Waals surface area contributed by atoms with Crippen LogP contribution in [0.25, 0.3) is 0 Å². The molecule has 1 aliphatic heterocycles. The minimum atomic E-state index is -0.450. The second kappa shape index (κ2) is 5.12. The van der Waals surface area contributed by atoms with Crippen LogP contribution in [0, 0.1) is 5.82 Å². The Kier molecular flexibility index (Phi) is 3.55. The van der Waals surface area contributed by atoms with Crippen molar-refractivity contribution in [2.75, 3.05) is 30.8 Å². The number of ether oxygens (including phenoxy) is 1. The lowest BCUT2D eigenvalue weighted by Gasteiger charge is -2.20. The number of anilines is 2. The number of hydrogen-bond donors (Lipinski definition) is 2. The van der Waals surface area contributed by atoms with E-state index in [9.17, 15) is 9.18 Å². The number of amides is 1. The molecule has 0 aromatic heterocycles. The van der Waals surface area contributed by atoms with Gasteiger partial charge in [0.25, 0.3) is 0 Å². The zero-order valence-corrected chi connectivity index (χ0v) is 10.1. The van der Waals surface area contributed by atoms with E-state index < -0.39 is 6.09 Å². The van der Waals surface area contributed by atoms with Crippen LogP contribution in [0.4, 0.5) is 20.6 Å². The highest BCUT2D eigenvalue weighted by molar-refractivity contribution is 5.69. The molecule has 2 rings (SSSR count). The highest BCUT2D eigenvalue weighted by Crippen LogP contribution is 2.28. The maximum atomic E-state index is 13.2. The van der Waals surface area contributed by atoms with Crippen LogP contribution in [0.5, 0.6) is 0 Å². The number of carbonyl (C=O) groups excluding carboxylic acids is 1. The van der Waals surface area contributed by atoms with Crippen LogP contribution >= 0.6 is 0 Å². The van der Waals surface area contributed by atoms with Crippen LogP contribution in [0.2, 0.25) is 0 Å². The van der Waals surface area contributed by atoms with E-state index in [4.69, 9.17) is 10.5 Å². The first-order valence-electron chi connectivity index (χ1n) is 5.78. The summed E-state index contributed by atoms with van der Waals surface area (Å²) in [6, 6.07) is 4.27. The van der Waals surface area contributed by atoms with E-state index in [1.165, 1.54) is 25.2 Å². The van der Waals surface area contributed by atoms with Crippen LogP contribution < -0.4 is 16.0 Å². The smallest absolute Gasteiger partial charge is 0.407 e. The first-order valence-corrected chi connectivity index (χ1v) is 5.78. The van der Waals surface area contributed by atoms with E-state index in [0.29, 0.717) is 30.9 Å². The number of rotatable bonds is 2. The minimum absolute atomic E-state index is 0.187. The van der Waals surface area contributed by atoms with Gasteiger partial charge in [0.05, 0.1) is 17.9 Å². The largest absolute Gasteiger partial charge is 0.444 e. The van der Waals surface area contributed by atoms with E-state index in [1.807, 2.05) is 4.90 Å². The number of carbonyl (C=O) groups is 1. The Morgan fingerprint density at radius 1 is 1.61 bits per heavy atom. The van der Waals surface area contributed by atoms with Crippen molar-refractivity contribution >= 4 is 17.5 Å². The van der Waals surface area contributed by atoms with Crippen molar-refractivity contribution in [2.45, 2.75) is 12.5 Å². The summed E-state index contributed by atoms with van der Waals surface area (Å²) in [5.74, 6) is -0.324. The van der Waals surface area contributed by atoms with Gasteiger partial charge in [-0.2, -0.15) is 0 Å². The van der Waals surface area contributed by atoms with Gasteiger partial charge in [-0.1, -0.05) is 0 Å². The van der Waals surface area contributed by atoms with Gasteiger partial charge in [0, 0.05) is 20.0 Å². The third-order valence-electron chi connectivity index (χ3n) is 2.96. The highest BCUT2D eigenvalue weighted by atomic mass is 19.1. The van der Waals surface area contributed by atoms with E-state index in [2.05, 4.69) is 5.32 Å². The molecule has 1 aromatic carbocycles. The van der Waals surface area contributed by atoms with E-state index in [1.54, 1.807) is 0 Å². The molecule has 1 aliphatic rings. The topological polar surface area (TPSA) is 67.6 Å². The van der Waals surface area contributed by atoms with Crippen molar-refractivity contribution in [1.82, 2.24) is 5.32 Å². The Balaban J connectivity index is 2.04. The Bertz CT molecular complexity index is 453. The van der Waals surface area contributed by atoms with Crippen molar-refractivity contribution < 1.29 is 13.9 Å². The number of halogens is 1. The molecule has 3 N–H and O–H groups in total. The lowest BCUT2D eigenvalue weighted by atomic mass is 10.2. The normalized spacial score (nSPS) is 18.8. The second-order valence-electron chi connectivity index (χ2n) is 4.22. The molecule has 1 fully saturated rings. The molecule has 1 saturated heterocycles. The second-order valence-corrected chi connectivity index (χ2v) is 4.22. The molecule has 0 bridgehead atoms. The van der Waals surface area contributed by atoms with Crippen molar-refractivity contribution in [3.63, 3.8) is 0 Å². The summed E-state index contributed by atoms with van der Waals surface area (Å²) in [5.41, 5.74) is 6.99. The van der Waals surface area contributed by atoms with Crippen molar-refractivity contribution in [2.24, 2.45) is 0 Å². The summed E-state index contributed by atoms with van der Waals surface area (Å²) < 4.78 is 18.3. The quantitative estimate of drug-likeness (QED) is 0.780. The Morgan fingerprint density at radius 2 is 2.39 bits per heavy atom. The van der Waals surface area contributed by atoms with Crippen LogP contribution in [-0.4, -0.2) is 32.3 Å². The van der Waals surface area contributed by atoms with Gasteiger partial charge in [-0.15, -0.1) is 0 Å². The molecule has 6 heteroatoms. The standard InChI is InChI=1S/C12H16FN3O2/c1-15-12(17)18-9-4-5-16(7-9)11-6-8(13)2-3-10(11)14/h2-3,6,9H,4-5,7,14H2,1H3,(H,15,17). The van der Waals surface area contributed by atoms with Crippen LogP contribution in [0.15, 0.2) is 18.2 Å². The fourth-order valence-corrected chi connectivity index (χ4v) is 2.04. The summed E-state index contributed by atoms with van der Waals surface area (Å²) in [4.78, 5) is 13.0. The molecule has 1 aromatic rings. The van der Waals surface area contributed by atoms with Gasteiger partial charge in [0.15, 0.2) is 0 Å². The summed E-state index contributed by atoms with van der Waals surface area (Å²) in [6.45, 7) is 1.22. The highest BCUT2D eigenvalue weighted by Gasteiger charge is 2.26. The van der Waals surface area contributed by atoms with Crippen LogP contribution in [0.1, 0.15) is 6.42 Å². The van der Waals surface area contributed by atoms with Crippen LogP contribution in [0.3, 0.4) is 0 Å². The average Bonchev–Trinajstić information content (AvgIpc) is 2.80. The molecular weight excluding hydrogens is 237 g/mol. The molecular formula is C12H16FN3O2. The lowest BCUT2D eigenvalue weighted by Crippen LogP contribution is -2.29. The zero-order valence-electron chi connectivity index (χ0n) is 10.1. The van der Waals surface area contributed by atoms with Gasteiger partial charge in [0.2, 0.25) is 0 Å². The third kappa shape index (κ3) is 2.64. The van der Waals surface area contributed by atoms with Gasteiger partial charge >= 0.3 is 6.09 Å². The summed E-state index contributed by atoms with van der Waals surface area (Å²) >= 11 is 0. The van der Waals surface area contributed by atoms with Gasteiger partial charge < -0.3 is 20.7 Å². The predicted molar refractivity (Wildman–Crippen MR) is 67.0 cm³/mol. The number of nitrogens with two attached hydrogens (primary N) is 1. The molecule has 1 unspecified atom stereocenters. The fraction of sp³-hybridized carbons (Fsp3) is 0.417. The van der Waals surface area contributed by atoms with Gasteiger partial charge in [-0.05, 0) is 18.2 Å². The molecule has 18 heavy (non-hydrogen) atoms. The van der Waals surface area contributed by atoms with Gasteiger partial charge in [-0.25, -0.2) is 9.18 Å². The molecule has 1 heterocycles. The van der Waals surface area contributed by atoms with Gasteiger partial charge in [-0.3, -0.25) is 0 Å². The predicted octanol–water partition coefficient (Wildman–Crippen LogP) is 1.34. The summed E-state index contributed by atoms with van der Waals surface area (Å²) in [7, 11) is 1.51. The fourth-order valence-electron chi connectivity index (χ4n) is 2.04. The molecule has 98 valence electrons. The molecule has 1 atom stereocenters. The number of benzene rings is 1. The maximum Gasteiger partial charge on any atom is 0.407 e. The Morgan fingerprint density at radius 3 is 3.11 bits per heavy atom. The number of nitrogens with one attached hydrogen (secondary N) is 1. The van der Waals surface area contributed by atoms with E-state index >= 15 is 0 Å². The van der Waals surface area contributed by atoms with Crippen molar-refractivity contribution in [1.29, 1.82) is 0 Å². The summed E-state index contributed by atoms with van der Waals surface area (Å²) in [5, 5.41) is 2.40. The lowest BCUT2D eigenvalue weighted by molar-refractivity contribution is 0.110. The monoisotopic (exact) mass is 253 g/mol. The van der Waals surface area contributed by atoms with Crippen molar-refractivity contribution in [3.05, 3.63) is 24.0 Å². The average molecular weight is 253 g/mol. The van der Waals surface area contributed by atoms with E-state index in [-0.39, 0.29) is 11.9 Å². The Labute approximate surface area is 105 Å². The molecule has 0 saturated carbocycles. The Hall–Kier alpha value is -1.98. The zero-order chi connectivity index (χ0) is 13.1. The SMILES string of the molecule is CNC(=O)OC1CCN(c2cc(F)ccc2N)C1. The number of alkyl carbamates (subject to hydrolysis) is 1. The van der Waals surface area contributed by atoms with Crippen LogP contribution in [-0.2, 0) is 4.74 Å².